The van der Waals surface area contributed by atoms with E-state index in [1.165, 1.54) is 17.0 Å². The fraction of sp³-hybridized carbons (Fsp3) is 0.500. The molecule has 1 aromatic carbocycles. The third-order valence-corrected chi connectivity index (χ3v) is 5.82. The average molecular weight is 366 g/mol. The molecule has 0 aliphatic carbocycles. The normalized spacial score (nSPS) is 17.0. The number of rotatable bonds is 6. The van der Waals surface area contributed by atoms with Crippen LogP contribution < -0.4 is 0 Å². The summed E-state index contributed by atoms with van der Waals surface area (Å²) in [7, 11) is -3.51. The molecule has 1 aliphatic rings. The fourth-order valence-electron chi connectivity index (χ4n) is 2.44. The highest BCUT2D eigenvalue weighted by atomic mass is 35.5. The van der Waals surface area contributed by atoms with Crippen molar-refractivity contribution in [3.05, 3.63) is 33.8 Å². The van der Waals surface area contributed by atoms with Crippen LogP contribution in [0.15, 0.2) is 18.2 Å². The van der Waals surface area contributed by atoms with Gasteiger partial charge in [0.05, 0.1) is 27.7 Å². The Morgan fingerprint density at radius 3 is 2.59 bits per heavy atom. The molecule has 1 atom stereocenters. The molecule has 0 radical (unpaired) electrons. The molecule has 2 rings (SSSR count). The van der Waals surface area contributed by atoms with Gasteiger partial charge >= 0.3 is 0 Å². The first-order valence-corrected chi connectivity index (χ1v) is 9.45. The number of aliphatic hydroxyl groups is 1. The highest BCUT2D eigenvalue weighted by Crippen LogP contribution is 2.23. The number of carbonyl (C=O) groups is 1. The predicted octanol–water partition coefficient (Wildman–Crippen LogP) is 1.89. The zero-order valence-corrected chi connectivity index (χ0v) is 14.2. The van der Waals surface area contributed by atoms with Crippen LogP contribution in [0, 0.1) is 0 Å². The molecule has 1 aromatic rings. The maximum Gasteiger partial charge on any atom is 0.222 e. The Bertz CT molecular complexity index is 663. The summed E-state index contributed by atoms with van der Waals surface area (Å²) in [6.45, 7) is 0.627. The van der Waals surface area contributed by atoms with Crippen molar-refractivity contribution in [1.29, 1.82) is 0 Å². The lowest BCUT2D eigenvalue weighted by atomic mass is 10.2. The van der Waals surface area contributed by atoms with E-state index in [0.29, 0.717) is 23.6 Å². The third kappa shape index (κ3) is 4.84. The first kappa shape index (κ1) is 17.5. The maximum absolute atomic E-state index is 12.1. The lowest BCUT2D eigenvalue weighted by molar-refractivity contribution is -0.128. The average Bonchev–Trinajstić information content (AvgIpc) is 2.78. The van der Waals surface area contributed by atoms with Gasteiger partial charge in [0.25, 0.3) is 0 Å². The molecule has 0 aromatic heterocycles. The SMILES string of the molecule is O=C1CCCN1C[C@@H](O)CS(=O)(=O)Cc1ccc(Cl)c(Cl)c1. The van der Waals surface area contributed by atoms with E-state index in [4.69, 9.17) is 23.2 Å². The fourth-order valence-corrected chi connectivity index (χ4v) is 4.26. The lowest BCUT2D eigenvalue weighted by Gasteiger charge is -2.19. The number of sulfone groups is 1. The summed E-state index contributed by atoms with van der Waals surface area (Å²) >= 11 is 11.6. The van der Waals surface area contributed by atoms with Crippen molar-refractivity contribution in [3.63, 3.8) is 0 Å². The van der Waals surface area contributed by atoms with Gasteiger partial charge in [0.15, 0.2) is 9.84 Å². The van der Waals surface area contributed by atoms with E-state index in [1.54, 1.807) is 6.07 Å². The van der Waals surface area contributed by atoms with Crippen LogP contribution >= 0.6 is 23.2 Å². The monoisotopic (exact) mass is 365 g/mol. The predicted molar refractivity (Wildman–Crippen MR) is 85.8 cm³/mol. The zero-order valence-electron chi connectivity index (χ0n) is 11.8. The Labute approximate surface area is 139 Å². The first-order valence-electron chi connectivity index (χ1n) is 6.87. The molecule has 1 N–H and O–H groups in total. The van der Waals surface area contributed by atoms with Crippen LogP contribution in [0.5, 0.6) is 0 Å². The maximum atomic E-state index is 12.1. The number of halogens is 2. The minimum atomic E-state index is -3.51. The van der Waals surface area contributed by atoms with Gasteiger partial charge in [-0.2, -0.15) is 0 Å². The number of β-amino-alcohol motifs (C(OH)–C–C–N with tert-alkyl or cyclic N) is 1. The minimum absolute atomic E-state index is 0.0408. The van der Waals surface area contributed by atoms with Crippen LogP contribution in [-0.2, 0) is 20.4 Å². The van der Waals surface area contributed by atoms with Crippen molar-refractivity contribution in [2.75, 3.05) is 18.8 Å². The Morgan fingerprint density at radius 2 is 2.00 bits per heavy atom. The van der Waals surface area contributed by atoms with Gasteiger partial charge in [0.1, 0.15) is 0 Å². The second-order valence-electron chi connectivity index (χ2n) is 5.40. The number of benzene rings is 1. The summed E-state index contributed by atoms with van der Waals surface area (Å²) in [4.78, 5) is 13.0. The van der Waals surface area contributed by atoms with Gasteiger partial charge in [-0.1, -0.05) is 29.3 Å². The zero-order chi connectivity index (χ0) is 16.3. The molecule has 8 heteroatoms. The van der Waals surface area contributed by atoms with Crippen molar-refractivity contribution in [2.45, 2.75) is 24.7 Å². The van der Waals surface area contributed by atoms with Crippen LogP contribution in [0.3, 0.4) is 0 Å². The van der Waals surface area contributed by atoms with E-state index in [9.17, 15) is 18.3 Å². The highest BCUT2D eigenvalue weighted by Gasteiger charge is 2.25. The molecular formula is C14H17Cl2NO4S. The molecule has 122 valence electrons. The molecule has 1 saturated heterocycles. The van der Waals surface area contributed by atoms with E-state index in [-0.39, 0.29) is 23.2 Å². The summed E-state index contributed by atoms with van der Waals surface area (Å²) in [6.07, 6.45) is 0.124. The summed E-state index contributed by atoms with van der Waals surface area (Å²) in [5.41, 5.74) is 0.513. The number of likely N-dealkylation sites (tertiary alicyclic amines) is 1. The van der Waals surface area contributed by atoms with Crippen LogP contribution in [0.4, 0.5) is 0 Å². The Morgan fingerprint density at radius 1 is 1.27 bits per heavy atom. The highest BCUT2D eigenvalue weighted by molar-refractivity contribution is 7.90. The van der Waals surface area contributed by atoms with Gasteiger partial charge < -0.3 is 10.0 Å². The minimum Gasteiger partial charge on any atom is -0.390 e. The smallest absolute Gasteiger partial charge is 0.222 e. The number of nitrogens with zero attached hydrogens (tertiary/aromatic N) is 1. The quantitative estimate of drug-likeness (QED) is 0.835. The molecule has 22 heavy (non-hydrogen) atoms. The Balaban J connectivity index is 1.95. The van der Waals surface area contributed by atoms with Gasteiger partial charge in [0, 0.05) is 19.5 Å². The molecule has 1 heterocycles. The Hall–Kier alpha value is -0.820. The number of hydrogen-bond donors (Lipinski definition) is 1. The van der Waals surface area contributed by atoms with E-state index in [2.05, 4.69) is 0 Å². The van der Waals surface area contributed by atoms with Crippen molar-refractivity contribution in [1.82, 2.24) is 4.90 Å². The summed E-state index contributed by atoms with van der Waals surface area (Å²) in [5, 5.41) is 10.6. The standard InChI is InChI=1S/C14H17Cl2NO4S/c15-12-4-3-10(6-13(12)16)8-22(20,21)9-11(18)7-17-5-1-2-14(17)19/h3-4,6,11,18H,1-2,5,7-9H2/t11-/m1/s1. The topological polar surface area (TPSA) is 74.7 Å². The number of hydrogen-bond acceptors (Lipinski definition) is 4. The molecule has 1 aliphatic heterocycles. The van der Waals surface area contributed by atoms with E-state index in [0.717, 1.165) is 6.42 Å². The second-order valence-corrected chi connectivity index (χ2v) is 8.32. The van der Waals surface area contributed by atoms with E-state index in [1.807, 2.05) is 0 Å². The summed E-state index contributed by atoms with van der Waals surface area (Å²) < 4.78 is 24.2. The molecular weight excluding hydrogens is 349 g/mol. The molecule has 5 nitrogen and oxygen atoms in total. The van der Waals surface area contributed by atoms with Gasteiger partial charge in [0.2, 0.25) is 5.91 Å². The molecule has 0 unspecified atom stereocenters. The Kier molecular flexibility index (Phi) is 5.71. The summed E-state index contributed by atoms with van der Waals surface area (Å²) in [5.74, 6) is -0.660. The third-order valence-electron chi connectivity index (χ3n) is 3.42. The second kappa shape index (κ2) is 7.17. The largest absolute Gasteiger partial charge is 0.390 e. The van der Waals surface area contributed by atoms with Crippen LogP contribution in [0.1, 0.15) is 18.4 Å². The van der Waals surface area contributed by atoms with Crippen molar-refractivity contribution in [2.24, 2.45) is 0 Å². The number of amides is 1. The van der Waals surface area contributed by atoms with Crippen LogP contribution in [-0.4, -0.2) is 49.3 Å². The summed E-state index contributed by atoms with van der Waals surface area (Å²) in [6, 6.07) is 4.62. The van der Waals surface area contributed by atoms with Gasteiger partial charge in [-0.3, -0.25) is 4.79 Å². The van der Waals surface area contributed by atoms with Crippen LogP contribution in [0.2, 0.25) is 10.0 Å². The van der Waals surface area contributed by atoms with E-state index >= 15 is 0 Å². The van der Waals surface area contributed by atoms with Crippen molar-refractivity contribution < 1.29 is 18.3 Å². The lowest BCUT2D eigenvalue weighted by Crippen LogP contribution is -2.37. The molecule has 0 bridgehead atoms. The molecule has 1 fully saturated rings. The molecule has 1 amide bonds. The first-order chi connectivity index (χ1) is 10.3. The molecule has 0 spiro atoms. The molecule has 0 saturated carbocycles. The van der Waals surface area contributed by atoms with Crippen molar-refractivity contribution in [3.8, 4) is 0 Å². The van der Waals surface area contributed by atoms with Crippen molar-refractivity contribution >= 4 is 38.9 Å². The van der Waals surface area contributed by atoms with Crippen LogP contribution in [0.25, 0.3) is 0 Å². The van der Waals surface area contributed by atoms with Gasteiger partial charge in [-0.25, -0.2) is 8.42 Å². The van der Waals surface area contributed by atoms with Gasteiger partial charge in [-0.15, -0.1) is 0 Å². The number of carbonyl (C=O) groups excluding carboxylic acids is 1. The van der Waals surface area contributed by atoms with Gasteiger partial charge in [-0.05, 0) is 24.1 Å². The van der Waals surface area contributed by atoms with E-state index < -0.39 is 21.7 Å². The number of aliphatic hydroxyl groups excluding tert-OH is 1.